The summed E-state index contributed by atoms with van der Waals surface area (Å²) in [5.74, 6) is 0.612. The highest BCUT2D eigenvalue weighted by atomic mass is 32.2. The monoisotopic (exact) mass is 418 g/mol. The molecule has 0 bridgehead atoms. The van der Waals surface area contributed by atoms with Crippen molar-refractivity contribution in [2.24, 2.45) is 0 Å². The smallest absolute Gasteiger partial charge is 0.322 e. The van der Waals surface area contributed by atoms with Crippen LogP contribution in [0.1, 0.15) is 51.7 Å². The molecule has 2 rings (SSSR count). The fourth-order valence-electron chi connectivity index (χ4n) is 2.69. The van der Waals surface area contributed by atoms with Crippen LogP contribution in [0.25, 0.3) is 0 Å². The maximum absolute atomic E-state index is 12.8. The van der Waals surface area contributed by atoms with Gasteiger partial charge in [0.2, 0.25) is 0 Å². The maximum Gasteiger partial charge on any atom is 0.322 e. The number of benzene rings is 2. The van der Waals surface area contributed by atoms with Crippen molar-refractivity contribution in [3.05, 3.63) is 59.7 Å². The lowest BCUT2D eigenvalue weighted by Gasteiger charge is -2.27. The number of hydrogen-bond donors (Lipinski definition) is 1. The molecular formula is C22H30N2O4S. The van der Waals surface area contributed by atoms with E-state index in [0.717, 1.165) is 11.3 Å². The first kappa shape index (κ1) is 22.7. The summed E-state index contributed by atoms with van der Waals surface area (Å²) in [4.78, 5) is 14.5. The molecule has 0 aromatic heterocycles. The molecular weight excluding hydrogens is 388 g/mol. The van der Waals surface area contributed by atoms with Gasteiger partial charge in [-0.3, -0.25) is 0 Å². The Bertz CT molecular complexity index is 905. The summed E-state index contributed by atoms with van der Waals surface area (Å²) >= 11 is 0. The van der Waals surface area contributed by atoms with Crippen LogP contribution in [0.3, 0.4) is 0 Å². The van der Waals surface area contributed by atoms with Gasteiger partial charge in [0.1, 0.15) is 5.75 Å². The Kier molecular flexibility index (Phi) is 7.67. The second kappa shape index (κ2) is 9.78. The van der Waals surface area contributed by atoms with Gasteiger partial charge in [-0.05, 0) is 62.1 Å². The van der Waals surface area contributed by atoms with E-state index in [0.29, 0.717) is 12.5 Å². The van der Waals surface area contributed by atoms with Gasteiger partial charge in [0.05, 0.1) is 5.75 Å². The van der Waals surface area contributed by atoms with Crippen LogP contribution >= 0.6 is 0 Å². The number of nitrogens with zero attached hydrogens (tertiary/aromatic N) is 1. The number of amides is 2. The first-order chi connectivity index (χ1) is 13.6. The topological polar surface area (TPSA) is 75.7 Å². The molecule has 0 fully saturated rings. The minimum Gasteiger partial charge on any atom is -0.382 e. The van der Waals surface area contributed by atoms with E-state index in [1.54, 1.807) is 29.2 Å². The third-order valence-corrected chi connectivity index (χ3v) is 5.72. The van der Waals surface area contributed by atoms with Crippen LogP contribution in [0.4, 0.5) is 10.5 Å². The molecule has 0 saturated heterocycles. The minimum absolute atomic E-state index is 0.0127. The Balaban J connectivity index is 2.06. The summed E-state index contributed by atoms with van der Waals surface area (Å²) in [6.45, 7) is 10.1. The number of urea groups is 1. The molecule has 2 aromatic carbocycles. The molecule has 0 spiro atoms. The molecule has 0 radical (unpaired) electrons. The molecule has 0 aliphatic heterocycles. The van der Waals surface area contributed by atoms with Gasteiger partial charge in [-0.2, -0.15) is 8.42 Å². The van der Waals surface area contributed by atoms with Crippen molar-refractivity contribution >= 4 is 21.8 Å². The number of hydrogen-bond acceptors (Lipinski definition) is 4. The second-order valence-corrected chi connectivity index (χ2v) is 9.36. The molecule has 0 aliphatic rings. The highest BCUT2D eigenvalue weighted by Gasteiger charge is 2.18. The molecule has 0 saturated carbocycles. The van der Waals surface area contributed by atoms with Gasteiger partial charge in [-0.15, -0.1) is 0 Å². The van der Waals surface area contributed by atoms with Crippen LogP contribution in [-0.2, 0) is 16.7 Å². The fourth-order valence-corrected chi connectivity index (χ4v) is 3.21. The summed E-state index contributed by atoms with van der Waals surface area (Å²) in [6, 6.07) is 14.4. The molecule has 0 aliphatic carbocycles. The minimum atomic E-state index is -3.55. The molecule has 6 nitrogen and oxygen atoms in total. The Morgan fingerprint density at radius 3 is 2.07 bits per heavy atom. The van der Waals surface area contributed by atoms with Crippen molar-refractivity contribution in [3.8, 4) is 5.75 Å². The molecule has 0 atom stereocenters. The van der Waals surface area contributed by atoms with Crippen LogP contribution in [0, 0.1) is 0 Å². The first-order valence-electron chi connectivity index (χ1n) is 9.80. The molecule has 0 heterocycles. The summed E-state index contributed by atoms with van der Waals surface area (Å²) in [6.07, 6.45) is 0. The largest absolute Gasteiger partial charge is 0.382 e. The summed E-state index contributed by atoms with van der Waals surface area (Å²) in [7, 11) is -3.55. The molecule has 29 heavy (non-hydrogen) atoms. The lowest BCUT2D eigenvalue weighted by molar-refractivity contribution is 0.193. The number of carbonyl (C=O) groups excluding carboxylic acids is 1. The summed E-state index contributed by atoms with van der Waals surface area (Å²) in [5.41, 5.74) is 2.85. The zero-order valence-electron chi connectivity index (χ0n) is 17.7. The van der Waals surface area contributed by atoms with Gasteiger partial charge in [-0.1, -0.05) is 38.1 Å². The van der Waals surface area contributed by atoms with E-state index >= 15 is 0 Å². The zero-order valence-corrected chi connectivity index (χ0v) is 18.5. The molecule has 0 unspecified atom stereocenters. The Morgan fingerprint density at radius 1 is 1.00 bits per heavy atom. The molecule has 1 N–H and O–H groups in total. The number of carbonyl (C=O) groups is 1. The van der Waals surface area contributed by atoms with Crippen molar-refractivity contribution in [3.63, 3.8) is 0 Å². The average molecular weight is 419 g/mol. The van der Waals surface area contributed by atoms with Crippen molar-refractivity contribution in [2.75, 3.05) is 11.1 Å². The van der Waals surface area contributed by atoms with Gasteiger partial charge < -0.3 is 14.4 Å². The Hall–Kier alpha value is -2.54. The quantitative estimate of drug-likeness (QED) is 0.614. The maximum atomic E-state index is 12.8. The van der Waals surface area contributed by atoms with Gasteiger partial charge >= 0.3 is 16.1 Å². The van der Waals surface area contributed by atoms with Gasteiger partial charge in [0.15, 0.2) is 0 Å². The molecule has 2 aromatic rings. The molecule has 158 valence electrons. The summed E-state index contributed by atoms with van der Waals surface area (Å²) < 4.78 is 28.1. The highest BCUT2D eigenvalue weighted by Crippen LogP contribution is 2.19. The molecule has 7 heteroatoms. The van der Waals surface area contributed by atoms with Crippen LogP contribution in [-0.4, -0.2) is 31.1 Å². The number of nitrogens with one attached hydrogen (secondary N) is 1. The lowest BCUT2D eigenvalue weighted by atomic mass is 10.0. The normalized spacial score (nSPS) is 11.6. The number of anilines is 1. The van der Waals surface area contributed by atoms with Gasteiger partial charge in [-0.25, -0.2) is 4.79 Å². The van der Waals surface area contributed by atoms with Crippen LogP contribution in [0.2, 0.25) is 0 Å². The van der Waals surface area contributed by atoms with E-state index in [4.69, 9.17) is 4.18 Å². The Morgan fingerprint density at radius 2 is 1.59 bits per heavy atom. The van der Waals surface area contributed by atoms with Crippen LogP contribution < -0.4 is 9.50 Å². The van der Waals surface area contributed by atoms with E-state index in [1.165, 1.54) is 12.5 Å². The van der Waals surface area contributed by atoms with Crippen molar-refractivity contribution in [2.45, 2.75) is 53.1 Å². The van der Waals surface area contributed by atoms with E-state index in [2.05, 4.69) is 19.2 Å². The van der Waals surface area contributed by atoms with Crippen molar-refractivity contribution < 1.29 is 17.4 Å². The van der Waals surface area contributed by atoms with Crippen molar-refractivity contribution in [1.29, 1.82) is 0 Å². The highest BCUT2D eigenvalue weighted by molar-refractivity contribution is 7.87. The fraction of sp³-hybridized carbons (Fsp3) is 0.409. The van der Waals surface area contributed by atoms with Gasteiger partial charge in [0.25, 0.3) is 0 Å². The Labute approximate surface area is 174 Å². The predicted molar refractivity (Wildman–Crippen MR) is 117 cm³/mol. The SMILES string of the molecule is CCS(=O)(=O)Oc1ccc(CN(C(=O)Nc2ccc(C(C)C)cc2)C(C)C)cc1. The average Bonchev–Trinajstić information content (AvgIpc) is 2.67. The third-order valence-electron chi connectivity index (χ3n) is 4.57. The van der Waals surface area contributed by atoms with Crippen molar-refractivity contribution in [1.82, 2.24) is 4.90 Å². The van der Waals surface area contributed by atoms with E-state index in [1.807, 2.05) is 38.1 Å². The van der Waals surface area contributed by atoms with E-state index in [-0.39, 0.29) is 23.6 Å². The van der Waals surface area contributed by atoms with Gasteiger partial charge in [0, 0.05) is 18.3 Å². The first-order valence-corrected chi connectivity index (χ1v) is 11.4. The number of rotatable bonds is 8. The van der Waals surface area contributed by atoms with E-state index < -0.39 is 10.1 Å². The lowest BCUT2D eigenvalue weighted by Crippen LogP contribution is -2.39. The second-order valence-electron chi connectivity index (χ2n) is 7.50. The zero-order chi connectivity index (χ0) is 21.6. The molecule has 2 amide bonds. The van der Waals surface area contributed by atoms with E-state index in [9.17, 15) is 13.2 Å². The van der Waals surface area contributed by atoms with Crippen LogP contribution in [0.15, 0.2) is 48.5 Å². The third kappa shape index (κ3) is 6.78. The standard InChI is InChI=1S/C22H30N2O4S/c1-6-29(26,27)28-21-13-7-18(8-14-21)15-24(17(4)5)22(25)23-20-11-9-19(10-12-20)16(2)3/h7-14,16-17H,6,15H2,1-5H3,(H,23,25). The predicted octanol–water partition coefficient (Wildman–Crippen LogP) is 4.98. The summed E-state index contributed by atoms with van der Waals surface area (Å²) in [5, 5.41) is 2.94. The van der Waals surface area contributed by atoms with Crippen LogP contribution in [0.5, 0.6) is 5.75 Å².